The van der Waals surface area contributed by atoms with Gasteiger partial charge in [0.2, 0.25) is 0 Å². The number of halogens is 3. The minimum Gasteiger partial charge on any atom is -0.370 e. The molecule has 1 saturated heterocycles. The molecule has 1 fully saturated rings. The zero-order valence-electron chi connectivity index (χ0n) is 14.8. The molecule has 0 bridgehead atoms. The molecule has 25 heavy (non-hydrogen) atoms. The molecule has 8 heteroatoms. The Morgan fingerprint density at radius 1 is 1.24 bits per heavy atom. The van der Waals surface area contributed by atoms with E-state index >= 15 is 0 Å². The number of piperazine rings is 1. The first-order valence-corrected chi connectivity index (χ1v) is 9.21. The molecule has 1 aromatic rings. The molecule has 1 aliphatic heterocycles. The SMILES string of the molecule is CCN1CCN(CCN=C(N)NC(C)c2ccc(Cl)cc2Cl)CC1.I. The lowest BCUT2D eigenvalue weighted by Crippen LogP contribution is -2.47. The van der Waals surface area contributed by atoms with Crippen molar-refractivity contribution in [2.45, 2.75) is 19.9 Å². The topological polar surface area (TPSA) is 56.9 Å². The smallest absolute Gasteiger partial charge is 0.189 e. The average molecular weight is 500 g/mol. The molecule has 1 atom stereocenters. The Morgan fingerprint density at radius 3 is 2.48 bits per heavy atom. The summed E-state index contributed by atoms with van der Waals surface area (Å²) in [7, 11) is 0. The van der Waals surface area contributed by atoms with E-state index in [-0.39, 0.29) is 30.0 Å². The lowest BCUT2D eigenvalue weighted by Gasteiger charge is -2.33. The standard InChI is InChI=1S/C17H27Cl2N5.HI/c1-3-23-8-10-24(11-9-23)7-6-21-17(20)22-13(2)15-5-4-14(18)12-16(15)19;/h4-5,12-13H,3,6-11H2,1-2H3,(H3,20,21,22);1H. The second kappa shape index (κ2) is 11.4. The third-order valence-corrected chi connectivity index (χ3v) is 4.97. The normalized spacial score (nSPS) is 17.8. The van der Waals surface area contributed by atoms with E-state index in [1.165, 1.54) is 0 Å². The fraction of sp³-hybridized carbons (Fsp3) is 0.588. The molecule has 1 unspecified atom stereocenters. The van der Waals surface area contributed by atoms with Crippen LogP contribution in [0, 0.1) is 0 Å². The fourth-order valence-electron chi connectivity index (χ4n) is 2.84. The Labute approximate surface area is 177 Å². The third-order valence-electron chi connectivity index (χ3n) is 4.40. The molecule has 5 nitrogen and oxygen atoms in total. The molecule has 142 valence electrons. The van der Waals surface area contributed by atoms with E-state index in [1.807, 2.05) is 19.1 Å². The third kappa shape index (κ3) is 7.46. The van der Waals surface area contributed by atoms with Crippen molar-refractivity contribution in [1.82, 2.24) is 15.1 Å². The van der Waals surface area contributed by atoms with Gasteiger partial charge in [-0.1, -0.05) is 36.2 Å². The van der Waals surface area contributed by atoms with Crippen molar-refractivity contribution in [2.75, 3.05) is 45.8 Å². The van der Waals surface area contributed by atoms with Crippen LogP contribution in [0.1, 0.15) is 25.5 Å². The van der Waals surface area contributed by atoms with E-state index in [2.05, 4.69) is 27.0 Å². The summed E-state index contributed by atoms with van der Waals surface area (Å²) in [5.74, 6) is 0.445. The molecule has 2 rings (SSSR count). The molecule has 3 N–H and O–H groups in total. The number of aliphatic imine (C=N–C) groups is 1. The van der Waals surface area contributed by atoms with Gasteiger partial charge in [0.1, 0.15) is 0 Å². The van der Waals surface area contributed by atoms with E-state index < -0.39 is 0 Å². The van der Waals surface area contributed by atoms with Gasteiger partial charge in [0.15, 0.2) is 5.96 Å². The first-order chi connectivity index (χ1) is 11.5. The molecular weight excluding hydrogens is 472 g/mol. The molecular formula is C17H28Cl2IN5. The first kappa shape index (κ1) is 22.8. The summed E-state index contributed by atoms with van der Waals surface area (Å²) < 4.78 is 0. The van der Waals surface area contributed by atoms with Gasteiger partial charge in [-0.25, -0.2) is 0 Å². The first-order valence-electron chi connectivity index (χ1n) is 8.45. The molecule has 0 saturated carbocycles. The van der Waals surface area contributed by atoms with Gasteiger partial charge in [0.25, 0.3) is 0 Å². The molecule has 1 heterocycles. The highest BCUT2D eigenvalue weighted by Crippen LogP contribution is 2.25. The number of guanidine groups is 1. The van der Waals surface area contributed by atoms with Crippen LogP contribution in [-0.2, 0) is 0 Å². The van der Waals surface area contributed by atoms with Crippen LogP contribution in [0.2, 0.25) is 10.0 Å². The van der Waals surface area contributed by atoms with Crippen LogP contribution in [0.4, 0.5) is 0 Å². The summed E-state index contributed by atoms with van der Waals surface area (Å²) in [5, 5.41) is 4.44. The minimum atomic E-state index is -0.0217. The fourth-order valence-corrected chi connectivity index (χ4v) is 3.41. The van der Waals surface area contributed by atoms with Gasteiger partial charge in [0, 0.05) is 42.8 Å². The van der Waals surface area contributed by atoms with Crippen molar-refractivity contribution in [3.63, 3.8) is 0 Å². The molecule has 0 aromatic heterocycles. The maximum atomic E-state index is 6.22. The summed E-state index contributed by atoms with van der Waals surface area (Å²) in [5.41, 5.74) is 6.95. The van der Waals surface area contributed by atoms with Crippen LogP contribution in [0.15, 0.2) is 23.2 Å². The van der Waals surface area contributed by atoms with E-state index in [4.69, 9.17) is 28.9 Å². The number of hydrogen-bond acceptors (Lipinski definition) is 3. The summed E-state index contributed by atoms with van der Waals surface area (Å²) in [4.78, 5) is 9.33. The van der Waals surface area contributed by atoms with Gasteiger partial charge in [-0.15, -0.1) is 24.0 Å². The van der Waals surface area contributed by atoms with E-state index in [0.29, 0.717) is 22.5 Å². The monoisotopic (exact) mass is 499 g/mol. The maximum Gasteiger partial charge on any atom is 0.189 e. The number of nitrogens with zero attached hydrogens (tertiary/aromatic N) is 3. The van der Waals surface area contributed by atoms with Crippen molar-refractivity contribution in [3.8, 4) is 0 Å². The molecule has 0 aliphatic carbocycles. The lowest BCUT2D eigenvalue weighted by molar-refractivity contribution is 0.140. The summed E-state index contributed by atoms with van der Waals surface area (Å²) >= 11 is 12.1. The van der Waals surface area contributed by atoms with Crippen molar-refractivity contribution in [2.24, 2.45) is 10.7 Å². The maximum absolute atomic E-state index is 6.22. The number of rotatable bonds is 6. The number of nitrogens with two attached hydrogens (primary N) is 1. The van der Waals surface area contributed by atoms with Gasteiger partial charge >= 0.3 is 0 Å². The Hall–Kier alpha value is -0.280. The second-order valence-electron chi connectivity index (χ2n) is 6.07. The van der Waals surface area contributed by atoms with Crippen molar-refractivity contribution in [3.05, 3.63) is 33.8 Å². The second-order valence-corrected chi connectivity index (χ2v) is 6.92. The van der Waals surface area contributed by atoms with Crippen LogP contribution in [0.25, 0.3) is 0 Å². The number of benzene rings is 1. The number of likely N-dealkylation sites (N-methyl/N-ethyl adjacent to an activating group) is 1. The van der Waals surface area contributed by atoms with Crippen molar-refractivity contribution in [1.29, 1.82) is 0 Å². The Bertz CT molecular complexity index is 562. The van der Waals surface area contributed by atoms with Gasteiger partial charge in [0.05, 0.1) is 12.6 Å². The quantitative estimate of drug-likeness (QED) is 0.358. The van der Waals surface area contributed by atoms with Crippen LogP contribution >= 0.6 is 47.2 Å². The Balaban J connectivity index is 0.00000312. The molecule has 0 spiro atoms. The van der Waals surface area contributed by atoms with Crippen molar-refractivity contribution < 1.29 is 0 Å². The predicted molar refractivity (Wildman–Crippen MR) is 118 cm³/mol. The van der Waals surface area contributed by atoms with Crippen LogP contribution in [-0.4, -0.2) is 61.6 Å². The van der Waals surface area contributed by atoms with Crippen molar-refractivity contribution >= 4 is 53.1 Å². The highest BCUT2D eigenvalue weighted by atomic mass is 127. The molecule has 0 radical (unpaired) electrons. The van der Waals surface area contributed by atoms with Crippen LogP contribution < -0.4 is 11.1 Å². The molecule has 1 aromatic carbocycles. The highest BCUT2D eigenvalue weighted by molar-refractivity contribution is 14.0. The van der Waals surface area contributed by atoms with Gasteiger partial charge in [-0.2, -0.15) is 0 Å². The molecule has 0 amide bonds. The molecule has 1 aliphatic rings. The summed E-state index contributed by atoms with van der Waals surface area (Å²) in [6.45, 7) is 11.5. The van der Waals surface area contributed by atoms with Gasteiger partial charge in [-0.3, -0.25) is 9.89 Å². The zero-order valence-corrected chi connectivity index (χ0v) is 18.7. The Morgan fingerprint density at radius 2 is 1.88 bits per heavy atom. The van der Waals surface area contributed by atoms with E-state index in [1.54, 1.807) is 6.07 Å². The number of hydrogen-bond donors (Lipinski definition) is 2. The van der Waals surface area contributed by atoms with Crippen LogP contribution in [0.5, 0.6) is 0 Å². The van der Waals surface area contributed by atoms with Gasteiger partial charge in [-0.05, 0) is 31.2 Å². The van der Waals surface area contributed by atoms with E-state index in [0.717, 1.165) is 44.8 Å². The minimum absolute atomic E-state index is 0. The largest absolute Gasteiger partial charge is 0.370 e. The van der Waals surface area contributed by atoms with Crippen LogP contribution in [0.3, 0.4) is 0 Å². The zero-order chi connectivity index (χ0) is 17.5. The lowest BCUT2D eigenvalue weighted by atomic mass is 10.1. The summed E-state index contributed by atoms with van der Waals surface area (Å²) in [6, 6.07) is 5.44. The van der Waals surface area contributed by atoms with Gasteiger partial charge < -0.3 is 16.0 Å². The number of nitrogens with one attached hydrogen (secondary N) is 1. The average Bonchev–Trinajstić information content (AvgIpc) is 2.55. The summed E-state index contributed by atoms with van der Waals surface area (Å²) in [6.07, 6.45) is 0. The van der Waals surface area contributed by atoms with E-state index in [9.17, 15) is 0 Å². The Kier molecular flexibility index (Phi) is 10.4. The predicted octanol–water partition coefficient (Wildman–Crippen LogP) is 3.21. The highest BCUT2D eigenvalue weighted by Gasteiger charge is 2.15.